The molecule has 0 aliphatic carbocycles. The molecule has 0 amide bonds. The van der Waals surface area contributed by atoms with Gasteiger partial charge in [-0.25, -0.2) is 14.6 Å². The number of nitrogens with zero attached hydrogens (tertiary/aromatic N) is 4. The van der Waals surface area contributed by atoms with Crippen LogP contribution < -0.4 is 5.32 Å². The summed E-state index contributed by atoms with van der Waals surface area (Å²) in [6, 6.07) is 3.74. The van der Waals surface area contributed by atoms with Gasteiger partial charge in [0.15, 0.2) is 5.82 Å². The summed E-state index contributed by atoms with van der Waals surface area (Å²) >= 11 is 0. The summed E-state index contributed by atoms with van der Waals surface area (Å²) in [5, 5.41) is 7.31. The number of aromatic nitrogens is 4. The first-order valence-electron chi connectivity index (χ1n) is 4.96. The smallest absolute Gasteiger partial charge is 0.158 e. The van der Waals surface area contributed by atoms with Gasteiger partial charge < -0.3 is 5.32 Å². The maximum absolute atomic E-state index is 4.14. The van der Waals surface area contributed by atoms with Crippen LogP contribution >= 0.6 is 0 Å². The second-order valence-electron chi connectivity index (χ2n) is 3.14. The fourth-order valence-corrected chi connectivity index (χ4v) is 1.23. The van der Waals surface area contributed by atoms with Crippen molar-refractivity contribution in [2.45, 2.75) is 13.3 Å². The van der Waals surface area contributed by atoms with E-state index in [4.69, 9.17) is 0 Å². The maximum Gasteiger partial charge on any atom is 0.158 e. The first kappa shape index (κ1) is 9.64. The van der Waals surface area contributed by atoms with Gasteiger partial charge in [0.05, 0.1) is 0 Å². The molecule has 0 atom stereocenters. The molecule has 2 aromatic heterocycles. The van der Waals surface area contributed by atoms with Crippen molar-refractivity contribution in [3.63, 3.8) is 0 Å². The Labute approximate surface area is 88.2 Å². The highest BCUT2D eigenvalue weighted by atomic mass is 15.3. The predicted octanol–water partition coefficient (Wildman–Crippen LogP) is 1.48. The zero-order valence-electron chi connectivity index (χ0n) is 8.59. The van der Waals surface area contributed by atoms with E-state index in [2.05, 4.69) is 27.3 Å². The van der Waals surface area contributed by atoms with E-state index in [1.807, 2.05) is 18.3 Å². The molecule has 2 rings (SSSR count). The fraction of sp³-hybridized carbons (Fsp3) is 0.300. The summed E-state index contributed by atoms with van der Waals surface area (Å²) < 4.78 is 1.71. The molecule has 0 saturated heterocycles. The Morgan fingerprint density at radius 2 is 2.33 bits per heavy atom. The number of hydrogen-bond donors (Lipinski definition) is 1. The normalized spacial score (nSPS) is 10.2. The Balaban J connectivity index is 2.19. The number of nitrogens with one attached hydrogen (secondary N) is 1. The van der Waals surface area contributed by atoms with E-state index in [1.165, 1.54) is 6.33 Å². The molecule has 0 saturated carbocycles. The van der Waals surface area contributed by atoms with Gasteiger partial charge in [0.2, 0.25) is 0 Å². The average Bonchev–Trinajstić information content (AvgIpc) is 2.80. The number of rotatable bonds is 4. The molecular formula is C10H13N5. The molecule has 1 N–H and O–H groups in total. The van der Waals surface area contributed by atoms with Crippen LogP contribution in [0, 0.1) is 0 Å². The zero-order chi connectivity index (χ0) is 10.5. The van der Waals surface area contributed by atoms with E-state index in [9.17, 15) is 0 Å². The number of anilines is 1. The van der Waals surface area contributed by atoms with Crippen LogP contribution in [0.15, 0.2) is 30.9 Å². The standard InChI is InChI=1S/C10H13N5/c1-2-4-11-9-7-10(13-8-12-9)15-6-3-5-14-15/h3,5-8H,2,4H2,1H3,(H,11,12,13). The summed E-state index contributed by atoms with van der Waals surface area (Å²) in [5.41, 5.74) is 0. The fourth-order valence-electron chi connectivity index (χ4n) is 1.23. The SMILES string of the molecule is CCCNc1cc(-n2cccn2)ncn1. The first-order chi connectivity index (χ1) is 7.40. The zero-order valence-corrected chi connectivity index (χ0v) is 8.59. The summed E-state index contributed by atoms with van der Waals surface area (Å²) in [5.74, 6) is 1.60. The first-order valence-corrected chi connectivity index (χ1v) is 4.96. The van der Waals surface area contributed by atoms with Gasteiger partial charge in [-0.05, 0) is 12.5 Å². The van der Waals surface area contributed by atoms with Crippen molar-refractivity contribution in [2.75, 3.05) is 11.9 Å². The molecule has 0 aliphatic heterocycles. The lowest BCUT2D eigenvalue weighted by Crippen LogP contribution is -2.05. The van der Waals surface area contributed by atoms with Crippen LogP contribution in [0.4, 0.5) is 5.82 Å². The van der Waals surface area contributed by atoms with Crippen molar-refractivity contribution in [2.24, 2.45) is 0 Å². The van der Waals surface area contributed by atoms with Crippen molar-refractivity contribution in [1.82, 2.24) is 19.7 Å². The Hall–Kier alpha value is -1.91. The summed E-state index contributed by atoms with van der Waals surface area (Å²) in [6.45, 7) is 3.03. The minimum atomic E-state index is 0.772. The van der Waals surface area contributed by atoms with E-state index < -0.39 is 0 Å². The minimum Gasteiger partial charge on any atom is -0.370 e. The van der Waals surface area contributed by atoms with Crippen LogP contribution in [-0.2, 0) is 0 Å². The van der Waals surface area contributed by atoms with Crippen molar-refractivity contribution >= 4 is 5.82 Å². The third-order valence-electron chi connectivity index (χ3n) is 1.95. The van der Waals surface area contributed by atoms with Gasteiger partial charge in [-0.15, -0.1) is 0 Å². The van der Waals surface area contributed by atoms with E-state index in [-0.39, 0.29) is 0 Å². The molecule has 0 spiro atoms. The van der Waals surface area contributed by atoms with Gasteiger partial charge in [0.1, 0.15) is 12.1 Å². The van der Waals surface area contributed by atoms with E-state index in [0.717, 1.165) is 24.6 Å². The molecule has 0 aromatic carbocycles. The Kier molecular flexibility index (Phi) is 2.92. The Morgan fingerprint density at radius 1 is 1.40 bits per heavy atom. The molecule has 0 fully saturated rings. The van der Waals surface area contributed by atoms with Crippen molar-refractivity contribution in [1.29, 1.82) is 0 Å². The van der Waals surface area contributed by atoms with Crippen LogP contribution in [0.1, 0.15) is 13.3 Å². The van der Waals surface area contributed by atoms with Crippen molar-refractivity contribution in [3.8, 4) is 5.82 Å². The molecule has 0 radical (unpaired) electrons. The van der Waals surface area contributed by atoms with Crippen molar-refractivity contribution < 1.29 is 0 Å². The van der Waals surface area contributed by atoms with Gasteiger partial charge >= 0.3 is 0 Å². The van der Waals surface area contributed by atoms with Gasteiger partial charge in [0, 0.05) is 25.0 Å². The number of hydrogen-bond acceptors (Lipinski definition) is 4. The lowest BCUT2D eigenvalue weighted by atomic mass is 10.4. The van der Waals surface area contributed by atoms with E-state index >= 15 is 0 Å². The third-order valence-corrected chi connectivity index (χ3v) is 1.95. The van der Waals surface area contributed by atoms with Gasteiger partial charge in [-0.2, -0.15) is 5.10 Å². The molecule has 2 aromatic rings. The van der Waals surface area contributed by atoms with Gasteiger partial charge in [-0.1, -0.05) is 6.92 Å². The van der Waals surface area contributed by atoms with Crippen LogP contribution in [0.25, 0.3) is 5.82 Å². The third kappa shape index (κ3) is 2.31. The lowest BCUT2D eigenvalue weighted by molar-refractivity contribution is 0.838. The Bertz CT molecular complexity index is 410. The topological polar surface area (TPSA) is 55.6 Å². The predicted molar refractivity (Wildman–Crippen MR) is 57.9 cm³/mol. The molecular weight excluding hydrogens is 190 g/mol. The largest absolute Gasteiger partial charge is 0.370 e. The molecule has 5 nitrogen and oxygen atoms in total. The van der Waals surface area contributed by atoms with E-state index in [0.29, 0.717) is 0 Å². The highest BCUT2D eigenvalue weighted by Gasteiger charge is 1.99. The second-order valence-corrected chi connectivity index (χ2v) is 3.14. The molecule has 0 unspecified atom stereocenters. The van der Waals surface area contributed by atoms with Crippen LogP contribution in [0.3, 0.4) is 0 Å². The monoisotopic (exact) mass is 203 g/mol. The minimum absolute atomic E-state index is 0.772. The Morgan fingerprint density at radius 3 is 3.07 bits per heavy atom. The van der Waals surface area contributed by atoms with Crippen LogP contribution in [0.5, 0.6) is 0 Å². The molecule has 2 heterocycles. The molecule has 0 bridgehead atoms. The van der Waals surface area contributed by atoms with Crippen LogP contribution in [0.2, 0.25) is 0 Å². The average molecular weight is 203 g/mol. The molecule has 5 heteroatoms. The highest BCUT2D eigenvalue weighted by Crippen LogP contribution is 2.07. The summed E-state index contributed by atoms with van der Waals surface area (Å²) in [7, 11) is 0. The molecule has 15 heavy (non-hydrogen) atoms. The van der Waals surface area contributed by atoms with Crippen molar-refractivity contribution in [3.05, 3.63) is 30.9 Å². The quantitative estimate of drug-likeness (QED) is 0.817. The van der Waals surface area contributed by atoms with Gasteiger partial charge in [-0.3, -0.25) is 0 Å². The molecule has 78 valence electrons. The second kappa shape index (κ2) is 4.54. The maximum atomic E-state index is 4.14. The highest BCUT2D eigenvalue weighted by molar-refractivity contribution is 5.39. The van der Waals surface area contributed by atoms with Gasteiger partial charge in [0.25, 0.3) is 0 Å². The summed E-state index contributed by atoms with van der Waals surface area (Å²) in [6.07, 6.45) is 6.18. The molecule has 0 aliphatic rings. The lowest BCUT2D eigenvalue weighted by Gasteiger charge is -2.05. The van der Waals surface area contributed by atoms with Crippen LogP contribution in [-0.4, -0.2) is 26.3 Å². The summed E-state index contributed by atoms with van der Waals surface area (Å²) in [4.78, 5) is 8.26. The van der Waals surface area contributed by atoms with E-state index in [1.54, 1.807) is 10.9 Å².